The van der Waals surface area contributed by atoms with Crippen molar-refractivity contribution in [2.75, 3.05) is 13.1 Å². The second-order valence-corrected chi connectivity index (χ2v) is 4.61. The van der Waals surface area contributed by atoms with Gasteiger partial charge in [-0.2, -0.15) is 0 Å². The number of nitrogens with one attached hydrogen (secondary N) is 1. The van der Waals surface area contributed by atoms with Crippen LogP contribution in [0, 0.1) is 0 Å². The fourth-order valence-electron chi connectivity index (χ4n) is 1.73. The molecule has 19 heavy (non-hydrogen) atoms. The van der Waals surface area contributed by atoms with Gasteiger partial charge >= 0.3 is 12.0 Å². The van der Waals surface area contributed by atoms with E-state index >= 15 is 0 Å². The predicted molar refractivity (Wildman–Crippen MR) is 64.2 cm³/mol. The number of hydrogen-bond acceptors (Lipinski definition) is 4. The molecule has 1 fully saturated rings. The summed E-state index contributed by atoms with van der Waals surface area (Å²) in [6, 6.07) is -1.79. The Morgan fingerprint density at radius 2 is 2.05 bits per heavy atom. The van der Waals surface area contributed by atoms with Gasteiger partial charge < -0.3 is 14.9 Å². The highest BCUT2D eigenvalue weighted by Crippen LogP contribution is 2.11. The van der Waals surface area contributed by atoms with Crippen molar-refractivity contribution >= 4 is 23.8 Å². The van der Waals surface area contributed by atoms with Crippen LogP contribution in [-0.2, 0) is 14.4 Å². The third-order valence-electron chi connectivity index (χ3n) is 2.84. The fraction of sp³-hybridized carbons (Fsp3) is 0.636. The maximum atomic E-state index is 12.2. The SMILES string of the molecule is CC(C)N(CC(=O)O)C(=O)N1CC(=O)NC(=O)C1C. The van der Waals surface area contributed by atoms with Crippen LogP contribution in [0.2, 0.25) is 0 Å². The molecule has 0 aromatic carbocycles. The molecule has 0 aromatic heterocycles. The van der Waals surface area contributed by atoms with Crippen LogP contribution in [-0.4, -0.2) is 63.9 Å². The number of carboxylic acids is 1. The van der Waals surface area contributed by atoms with E-state index in [0.717, 1.165) is 9.80 Å². The Bertz CT molecular complexity index is 421. The van der Waals surface area contributed by atoms with Gasteiger partial charge in [0.1, 0.15) is 19.1 Å². The third-order valence-corrected chi connectivity index (χ3v) is 2.84. The van der Waals surface area contributed by atoms with Crippen molar-refractivity contribution in [1.29, 1.82) is 0 Å². The average Bonchev–Trinajstić information content (AvgIpc) is 2.29. The number of piperazine rings is 1. The quantitative estimate of drug-likeness (QED) is 0.657. The van der Waals surface area contributed by atoms with Crippen LogP contribution in [0.3, 0.4) is 0 Å². The third kappa shape index (κ3) is 3.43. The van der Waals surface area contributed by atoms with Crippen molar-refractivity contribution in [1.82, 2.24) is 15.1 Å². The standard InChI is InChI=1S/C11H17N3O5/c1-6(2)13(5-9(16)17)11(19)14-4-8(15)12-10(18)7(14)3/h6-7H,4-5H2,1-3H3,(H,16,17)(H,12,15,18). The number of rotatable bonds is 3. The lowest BCUT2D eigenvalue weighted by Crippen LogP contribution is -2.62. The summed E-state index contributed by atoms with van der Waals surface area (Å²) < 4.78 is 0. The zero-order chi connectivity index (χ0) is 14.7. The molecule has 0 aliphatic carbocycles. The first kappa shape index (κ1) is 14.9. The first-order valence-electron chi connectivity index (χ1n) is 5.86. The van der Waals surface area contributed by atoms with E-state index in [4.69, 9.17) is 5.11 Å². The molecule has 2 N–H and O–H groups in total. The summed E-state index contributed by atoms with van der Waals surface area (Å²) in [7, 11) is 0. The van der Waals surface area contributed by atoms with Crippen LogP contribution in [0.25, 0.3) is 0 Å². The Balaban J connectivity index is 2.91. The first-order chi connectivity index (χ1) is 8.73. The Kier molecular flexibility index (Phi) is 4.47. The van der Waals surface area contributed by atoms with Crippen molar-refractivity contribution in [2.45, 2.75) is 32.9 Å². The molecule has 8 nitrogen and oxygen atoms in total. The van der Waals surface area contributed by atoms with E-state index in [2.05, 4.69) is 5.32 Å². The summed E-state index contributed by atoms with van der Waals surface area (Å²) in [5, 5.41) is 10.9. The van der Waals surface area contributed by atoms with E-state index in [9.17, 15) is 19.2 Å². The zero-order valence-electron chi connectivity index (χ0n) is 11.0. The second kappa shape index (κ2) is 5.68. The molecule has 1 unspecified atom stereocenters. The number of carbonyl (C=O) groups excluding carboxylic acids is 3. The molecule has 1 atom stereocenters. The average molecular weight is 271 g/mol. The molecule has 0 radical (unpaired) electrons. The Morgan fingerprint density at radius 1 is 1.47 bits per heavy atom. The molecule has 1 saturated heterocycles. The molecular weight excluding hydrogens is 254 g/mol. The summed E-state index contributed by atoms with van der Waals surface area (Å²) in [5.74, 6) is -2.29. The maximum absolute atomic E-state index is 12.2. The molecular formula is C11H17N3O5. The number of carbonyl (C=O) groups is 4. The van der Waals surface area contributed by atoms with Crippen LogP contribution >= 0.6 is 0 Å². The number of imide groups is 1. The molecule has 0 saturated carbocycles. The molecule has 1 aliphatic heterocycles. The van der Waals surface area contributed by atoms with Crippen molar-refractivity contribution in [3.63, 3.8) is 0 Å². The molecule has 0 spiro atoms. The molecule has 4 amide bonds. The highest BCUT2D eigenvalue weighted by atomic mass is 16.4. The molecule has 0 aromatic rings. The number of amides is 4. The van der Waals surface area contributed by atoms with E-state index in [-0.39, 0.29) is 12.6 Å². The molecule has 0 bridgehead atoms. The lowest BCUT2D eigenvalue weighted by atomic mass is 10.2. The van der Waals surface area contributed by atoms with E-state index in [1.807, 2.05) is 0 Å². The number of carboxylic acid groups (broad SMARTS) is 1. The summed E-state index contributed by atoms with van der Waals surface area (Å²) in [4.78, 5) is 47.9. The highest BCUT2D eigenvalue weighted by Gasteiger charge is 2.36. The molecule has 106 valence electrons. The molecule has 1 heterocycles. The molecule has 8 heteroatoms. The summed E-state index contributed by atoms with van der Waals surface area (Å²) in [6.45, 7) is 4.08. The van der Waals surface area contributed by atoms with Crippen LogP contribution in [0.4, 0.5) is 4.79 Å². The minimum absolute atomic E-state index is 0.255. The van der Waals surface area contributed by atoms with E-state index in [0.29, 0.717) is 0 Å². The second-order valence-electron chi connectivity index (χ2n) is 4.61. The number of urea groups is 1. The lowest BCUT2D eigenvalue weighted by Gasteiger charge is -2.36. The number of hydrogen-bond donors (Lipinski definition) is 2. The Labute approximate surface area is 110 Å². The van der Waals surface area contributed by atoms with Gasteiger partial charge in [-0.3, -0.25) is 19.7 Å². The summed E-state index contributed by atoms with van der Waals surface area (Å²) in [5.41, 5.74) is 0. The van der Waals surface area contributed by atoms with Gasteiger partial charge in [-0.1, -0.05) is 0 Å². The predicted octanol–water partition coefficient (Wildman–Crippen LogP) is -0.752. The van der Waals surface area contributed by atoms with E-state index in [1.165, 1.54) is 6.92 Å². The van der Waals surface area contributed by atoms with Gasteiger partial charge in [0.25, 0.3) is 0 Å². The van der Waals surface area contributed by atoms with Crippen molar-refractivity contribution in [3.05, 3.63) is 0 Å². The monoisotopic (exact) mass is 271 g/mol. The van der Waals surface area contributed by atoms with Crippen LogP contribution < -0.4 is 5.32 Å². The highest BCUT2D eigenvalue weighted by molar-refractivity contribution is 6.04. The van der Waals surface area contributed by atoms with E-state index in [1.54, 1.807) is 13.8 Å². The lowest BCUT2D eigenvalue weighted by molar-refractivity contribution is -0.138. The smallest absolute Gasteiger partial charge is 0.323 e. The van der Waals surface area contributed by atoms with Gasteiger partial charge in [-0.25, -0.2) is 4.79 Å². The minimum atomic E-state index is -1.15. The van der Waals surface area contributed by atoms with Crippen molar-refractivity contribution in [2.24, 2.45) is 0 Å². The topological polar surface area (TPSA) is 107 Å². The van der Waals surface area contributed by atoms with Gasteiger partial charge in [0.05, 0.1) is 0 Å². The summed E-state index contributed by atoms with van der Waals surface area (Å²) in [6.07, 6.45) is 0. The van der Waals surface area contributed by atoms with Gasteiger partial charge in [0.15, 0.2) is 0 Å². The Morgan fingerprint density at radius 3 is 2.53 bits per heavy atom. The number of nitrogens with zero attached hydrogens (tertiary/aromatic N) is 2. The normalized spacial score (nSPS) is 19.4. The van der Waals surface area contributed by atoms with Crippen molar-refractivity contribution < 1.29 is 24.3 Å². The Hall–Kier alpha value is -2.12. The van der Waals surface area contributed by atoms with Crippen LogP contribution in [0.5, 0.6) is 0 Å². The van der Waals surface area contributed by atoms with Crippen molar-refractivity contribution in [3.8, 4) is 0 Å². The molecule has 1 rings (SSSR count). The van der Waals surface area contributed by atoms with Crippen LogP contribution in [0.15, 0.2) is 0 Å². The summed E-state index contributed by atoms with van der Waals surface area (Å²) >= 11 is 0. The molecule has 1 aliphatic rings. The minimum Gasteiger partial charge on any atom is -0.480 e. The fourth-order valence-corrected chi connectivity index (χ4v) is 1.73. The largest absolute Gasteiger partial charge is 0.480 e. The van der Waals surface area contributed by atoms with Gasteiger partial charge in [-0.15, -0.1) is 0 Å². The van der Waals surface area contributed by atoms with Gasteiger partial charge in [0, 0.05) is 6.04 Å². The van der Waals surface area contributed by atoms with E-state index < -0.39 is 36.4 Å². The van der Waals surface area contributed by atoms with Crippen LogP contribution in [0.1, 0.15) is 20.8 Å². The maximum Gasteiger partial charge on any atom is 0.323 e. The number of aliphatic carboxylic acids is 1. The first-order valence-corrected chi connectivity index (χ1v) is 5.86. The zero-order valence-corrected chi connectivity index (χ0v) is 11.0. The van der Waals surface area contributed by atoms with Gasteiger partial charge in [0.2, 0.25) is 11.8 Å². The van der Waals surface area contributed by atoms with Gasteiger partial charge in [-0.05, 0) is 20.8 Å².